The summed E-state index contributed by atoms with van der Waals surface area (Å²) in [7, 11) is -4.03. The molecule has 2 N–H and O–H groups in total. The predicted molar refractivity (Wildman–Crippen MR) is 135 cm³/mol. The molecule has 15 heteroatoms. The van der Waals surface area contributed by atoms with Crippen LogP contribution >= 0.6 is 19.3 Å². The Labute approximate surface area is 222 Å². The highest BCUT2D eigenvalue weighted by Crippen LogP contribution is 2.45. The second kappa shape index (κ2) is 12.3. The van der Waals surface area contributed by atoms with E-state index in [9.17, 15) is 23.3 Å². The Balaban J connectivity index is 1.82. The molecule has 1 fully saturated rings. The molecular weight excluding hydrogens is 548 g/mol. The van der Waals surface area contributed by atoms with E-state index < -0.39 is 61.6 Å². The van der Waals surface area contributed by atoms with Crippen LogP contribution in [0.3, 0.4) is 0 Å². The molecule has 1 saturated heterocycles. The van der Waals surface area contributed by atoms with Gasteiger partial charge in [0, 0.05) is 18.0 Å². The molecule has 3 rings (SSSR count). The first-order valence-corrected chi connectivity index (χ1v) is 13.3. The molecule has 38 heavy (non-hydrogen) atoms. The molecule has 1 aliphatic rings. The fourth-order valence-electron chi connectivity index (χ4n) is 3.30. The van der Waals surface area contributed by atoms with E-state index in [0.717, 1.165) is 4.57 Å². The van der Waals surface area contributed by atoms with Crippen LogP contribution in [0.4, 0.5) is 9.18 Å². The summed E-state index contributed by atoms with van der Waals surface area (Å²) in [6.45, 7) is 8.10. The molecule has 1 aliphatic heterocycles. The first-order chi connectivity index (χ1) is 17.8. The van der Waals surface area contributed by atoms with Crippen molar-refractivity contribution in [3.05, 3.63) is 74.8 Å². The summed E-state index contributed by atoms with van der Waals surface area (Å²) in [5.74, 6) is -1.02. The molecule has 0 amide bonds. The number of ether oxygens (including phenoxy) is 3. The highest BCUT2D eigenvalue weighted by Gasteiger charge is 2.42. The normalized spacial score (nSPS) is 20.9. The van der Waals surface area contributed by atoms with Crippen molar-refractivity contribution < 1.29 is 37.0 Å². The molecule has 0 spiro atoms. The van der Waals surface area contributed by atoms with Crippen molar-refractivity contribution in [2.24, 2.45) is 0 Å². The van der Waals surface area contributed by atoms with Crippen molar-refractivity contribution in [2.45, 2.75) is 51.2 Å². The Morgan fingerprint density at radius 3 is 2.66 bits per heavy atom. The third-order valence-electron chi connectivity index (χ3n) is 4.93. The third-order valence-corrected chi connectivity index (χ3v) is 6.69. The number of carbonyl (C=O) groups excluding carboxylic acids is 1. The van der Waals surface area contributed by atoms with Gasteiger partial charge in [0.25, 0.3) is 5.56 Å². The second-order valence-electron chi connectivity index (χ2n) is 9.12. The van der Waals surface area contributed by atoms with Crippen LogP contribution in [0.5, 0.6) is 5.75 Å². The SMILES string of the molecule is C=CCNP(=O)(OC[C@H]1O[C@@H](n2cc(F)c(=O)[nH]c2=O)C[C@@H]1OC(=O)OC(C)(C)C)Oc1ccc(Cl)cc1. The molecule has 2 heterocycles. The number of benzene rings is 1. The van der Waals surface area contributed by atoms with Crippen molar-refractivity contribution in [2.75, 3.05) is 13.2 Å². The molecule has 0 saturated carbocycles. The Morgan fingerprint density at radius 2 is 2.03 bits per heavy atom. The van der Waals surface area contributed by atoms with Gasteiger partial charge < -0.3 is 18.7 Å². The molecule has 0 aliphatic carbocycles. The van der Waals surface area contributed by atoms with Crippen LogP contribution < -0.4 is 20.9 Å². The van der Waals surface area contributed by atoms with Gasteiger partial charge in [0.15, 0.2) is 0 Å². The van der Waals surface area contributed by atoms with Gasteiger partial charge in [-0.15, -0.1) is 6.58 Å². The van der Waals surface area contributed by atoms with Crippen LogP contribution in [0.15, 0.2) is 52.7 Å². The van der Waals surface area contributed by atoms with Gasteiger partial charge >= 0.3 is 19.6 Å². The third kappa shape index (κ3) is 8.27. The summed E-state index contributed by atoms with van der Waals surface area (Å²) in [5.41, 5.74) is -3.00. The highest BCUT2D eigenvalue weighted by molar-refractivity contribution is 7.52. The van der Waals surface area contributed by atoms with Crippen LogP contribution in [0.2, 0.25) is 5.02 Å². The van der Waals surface area contributed by atoms with Gasteiger partial charge in [-0.3, -0.25) is 18.9 Å². The monoisotopic (exact) mass is 575 g/mol. The molecule has 208 valence electrons. The van der Waals surface area contributed by atoms with Crippen molar-refractivity contribution in [1.82, 2.24) is 14.6 Å². The van der Waals surface area contributed by atoms with Gasteiger partial charge in [-0.2, -0.15) is 4.39 Å². The minimum Gasteiger partial charge on any atom is -0.429 e. The molecule has 0 radical (unpaired) electrons. The quantitative estimate of drug-likeness (QED) is 0.243. The largest absolute Gasteiger partial charge is 0.509 e. The van der Waals surface area contributed by atoms with E-state index in [0.29, 0.717) is 11.2 Å². The zero-order valence-corrected chi connectivity index (χ0v) is 22.5. The number of rotatable bonds is 10. The zero-order chi connectivity index (χ0) is 28.1. The van der Waals surface area contributed by atoms with Crippen molar-refractivity contribution >= 4 is 25.5 Å². The lowest BCUT2D eigenvalue weighted by Crippen LogP contribution is -2.34. The summed E-state index contributed by atoms with van der Waals surface area (Å²) in [5, 5.41) is 3.05. The minimum absolute atomic E-state index is 0.0584. The highest BCUT2D eigenvalue weighted by atomic mass is 35.5. The molecule has 1 unspecified atom stereocenters. The maximum absolute atomic E-state index is 13.9. The summed E-state index contributed by atoms with van der Waals surface area (Å²) >= 11 is 5.88. The number of aromatic nitrogens is 2. The fourth-order valence-corrected chi connectivity index (χ4v) is 4.73. The van der Waals surface area contributed by atoms with Crippen molar-refractivity contribution in [3.63, 3.8) is 0 Å². The van der Waals surface area contributed by atoms with Crippen LogP contribution in [0.25, 0.3) is 0 Å². The van der Waals surface area contributed by atoms with Crippen LogP contribution in [-0.2, 0) is 23.3 Å². The minimum atomic E-state index is -4.03. The first kappa shape index (κ1) is 29.6. The number of H-pyrrole nitrogens is 1. The topological polar surface area (TPSA) is 147 Å². The maximum atomic E-state index is 13.9. The fraction of sp³-hybridized carbons (Fsp3) is 0.435. The number of hydrogen-bond donors (Lipinski definition) is 2. The Hall–Kier alpha value is -2.96. The molecule has 2 aromatic rings. The average molecular weight is 576 g/mol. The molecule has 1 aromatic carbocycles. The van der Waals surface area contributed by atoms with Crippen LogP contribution in [-0.4, -0.2) is 46.7 Å². The molecule has 4 atom stereocenters. The Bertz CT molecular complexity index is 1310. The lowest BCUT2D eigenvalue weighted by atomic mass is 10.2. The summed E-state index contributed by atoms with van der Waals surface area (Å²) in [6.07, 6.45) is -2.37. The van der Waals surface area contributed by atoms with Gasteiger partial charge in [0.2, 0.25) is 5.82 Å². The van der Waals surface area contributed by atoms with Crippen molar-refractivity contribution in [3.8, 4) is 5.75 Å². The smallest absolute Gasteiger partial charge is 0.429 e. The Kier molecular flexibility index (Phi) is 9.55. The number of aromatic amines is 1. The van der Waals surface area contributed by atoms with E-state index in [4.69, 9.17) is 34.9 Å². The van der Waals surface area contributed by atoms with Crippen LogP contribution in [0, 0.1) is 5.82 Å². The van der Waals surface area contributed by atoms with E-state index in [2.05, 4.69) is 11.7 Å². The van der Waals surface area contributed by atoms with Gasteiger partial charge in [0.1, 0.15) is 29.8 Å². The molecule has 1 aromatic heterocycles. The van der Waals surface area contributed by atoms with Gasteiger partial charge in [-0.05, 0) is 45.0 Å². The van der Waals surface area contributed by atoms with E-state index in [1.807, 2.05) is 4.98 Å². The summed E-state index contributed by atoms with van der Waals surface area (Å²) in [6, 6.07) is 6.04. The van der Waals surface area contributed by atoms with E-state index in [-0.39, 0.29) is 18.7 Å². The number of nitrogens with one attached hydrogen (secondary N) is 2. The van der Waals surface area contributed by atoms with Crippen molar-refractivity contribution in [1.29, 1.82) is 0 Å². The summed E-state index contributed by atoms with van der Waals surface area (Å²) in [4.78, 5) is 37.9. The number of nitrogens with zero attached hydrogens (tertiary/aromatic N) is 1. The van der Waals surface area contributed by atoms with Crippen LogP contribution in [0.1, 0.15) is 33.4 Å². The Morgan fingerprint density at radius 1 is 1.34 bits per heavy atom. The average Bonchev–Trinajstić information content (AvgIpc) is 3.21. The van der Waals surface area contributed by atoms with Gasteiger partial charge in [-0.1, -0.05) is 17.7 Å². The molecular formula is C23H28ClFN3O9P. The van der Waals surface area contributed by atoms with Gasteiger partial charge in [0.05, 0.1) is 12.8 Å². The predicted octanol–water partition coefficient (Wildman–Crippen LogP) is 3.92. The maximum Gasteiger partial charge on any atom is 0.509 e. The molecule has 0 bridgehead atoms. The lowest BCUT2D eigenvalue weighted by molar-refractivity contribution is -0.0666. The summed E-state index contributed by atoms with van der Waals surface area (Å²) < 4.78 is 55.6. The van der Waals surface area contributed by atoms with E-state index in [1.54, 1.807) is 20.8 Å². The molecule has 12 nitrogen and oxygen atoms in total. The van der Waals surface area contributed by atoms with Gasteiger partial charge in [-0.25, -0.2) is 19.2 Å². The zero-order valence-electron chi connectivity index (χ0n) is 20.8. The number of halogens is 2. The standard InChI is InChI=1S/C23H28ClFN3O9P/c1-5-10-26-38(32,37-15-8-6-14(24)7-9-15)33-13-18-17(35-22(31)36-23(2,3)4)11-19(34-18)28-12-16(25)20(29)27-21(28)30/h5-9,12,17-19H,1,10-11,13H2,2-4H3,(H,26,32)(H,27,29,30)/t17-,18+,19+,38?/m0/s1. The first-order valence-electron chi connectivity index (χ1n) is 11.4. The lowest BCUT2D eigenvalue weighted by Gasteiger charge is -2.24. The number of carbonyl (C=O) groups is 1. The number of hydrogen-bond acceptors (Lipinski definition) is 9. The van der Waals surface area contributed by atoms with E-state index >= 15 is 0 Å². The second-order valence-corrected chi connectivity index (χ2v) is 11.3. The van der Waals surface area contributed by atoms with E-state index in [1.165, 1.54) is 30.3 Å².